The number of fused-ring (bicyclic) bond motifs is 2. The van der Waals surface area contributed by atoms with Crippen LogP contribution in [-0.4, -0.2) is 62.8 Å². The Morgan fingerprint density at radius 3 is 2.55 bits per heavy atom. The molecule has 1 atom stereocenters. The lowest BCUT2D eigenvalue weighted by Gasteiger charge is -2.37. The summed E-state index contributed by atoms with van der Waals surface area (Å²) in [7, 11) is 1.64. The molecule has 3 heterocycles. The summed E-state index contributed by atoms with van der Waals surface area (Å²) in [5.74, 6) is -8.15. The van der Waals surface area contributed by atoms with Gasteiger partial charge in [-0.2, -0.15) is 18.3 Å². The van der Waals surface area contributed by atoms with E-state index >= 15 is 0 Å². The summed E-state index contributed by atoms with van der Waals surface area (Å²) in [6.07, 6.45) is -8.11. The predicted octanol–water partition coefficient (Wildman–Crippen LogP) is 4.52. The molecule has 5 rings (SSSR count). The van der Waals surface area contributed by atoms with Crippen molar-refractivity contribution in [3.8, 4) is 11.6 Å². The zero-order chi connectivity index (χ0) is 27.2. The second-order valence-electron chi connectivity index (χ2n) is 8.73. The molecule has 38 heavy (non-hydrogen) atoms. The number of halogens is 5. The zero-order valence-electron chi connectivity index (χ0n) is 19.7. The smallest absolute Gasteiger partial charge is 0.463 e. The number of aromatic nitrogens is 3. The van der Waals surface area contributed by atoms with E-state index in [9.17, 15) is 31.5 Å². The molecule has 13 heteroatoms. The van der Waals surface area contributed by atoms with E-state index in [4.69, 9.17) is 4.74 Å². The van der Waals surface area contributed by atoms with Crippen molar-refractivity contribution in [2.75, 3.05) is 13.1 Å². The molecule has 1 saturated heterocycles. The number of nitrogens with zero attached hydrogens (tertiary/aromatic N) is 4. The Morgan fingerprint density at radius 2 is 1.79 bits per heavy atom. The number of para-hydroxylation sites is 2. The number of hydrogen-bond acceptors (Lipinski definition) is 6. The van der Waals surface area contributed by atoms with Crippen molar-refractivity contribution in [2.24, 2.45) is 7.05 Å². The van der Waals surface area contributed by atoms with Gasteiger partial charge in [-0.25, -0.2) is 18.6 Å². The van der Waals surface area contributed by atoms with Gasteiger partial charge in [-0.1, -0.05) is 36.4 Å². The summed E-state index contributed by atoms with van der Waals surface area (Å²) in [6, 6.07) is 14.1. The van der Waals surface area contributed by atoms with E-state index in [1.807, 2.05) is 0 Å². The van der Waals surface area contributed by atoms with Crippen LogP contribution in [0, 0.1) is 0 Å². The maximum absolute atomic E-state index is 14.9. The second kappa shape index (κ2) is 9.23. The van der Waals surface area contributed by atoms with Crippen LogP contribution in [0.2, 0.25) is 0 Å². The summed E-state index contributed by atoms with van der Waals surface area (Å²) >= 11 is 0. The Bertz CT molecular complexity index is 1550. The van der Waals surface area contributed by atoms with Crippen LogP contribution in [-0.2, 0) is 11.8 Å². The van der Waals surface area contributed by atoms with Gasteiger partial charge in [-0.3, -0.25) is 9.48 Å². The van der Waals surface area contributed by atoms with Gasteiger partial charge in [0.15, 0.2) is 17.5 Å². The Balaban J connectivity index is 1.46. The first-order valence-electron chi connectivity index (χ1n) is 11.4. The van der Waals surface area contributed by atoms with Crippen LogP contribution in [0.25, 0.3) is 21.8 Å². The van der Waals surface area contributed by atoms with E-state index in [0.717, 1.165) is 11.0 Å². The molecule has 1 aliphatic rings. The van der Waals surface area contributed by atoms with E-state index in [1.54, 1.807) is 43.4 Å². The number of benzene rings is 2. The maximum atomic E-state index is 14.9. The fourth-order valence-corrected chi connectivity index (χ4v) is 4.23. The lowest BCUT2D eigenvalue weighted by Crippen LogP contribution is -2.55. The number of hydrogen-bond donors (Lipinski definition) is 0. The minimum Gasteiger partial charge on any atom is -0.463 e. The standard InChI is InChI=1S/C25H19F5N4O4/c1-33-17-9-5-3-7-15(17)20(32-33)22(35)34-11-10-24(26,27)19(13-34)38-21-18(37-23(36)25(28,29)30)12-14-6-2-4-8-16(14)31-21/h2-9,12,19H,10-11,13H2,1H3/t19-/m0/s1. The number of pyridine rings is 1. The van der Waals surface area contributed by atoms with Crippen molar-refractivity contribution >= 4 is 33.7 Å². The van der Waals surface area contributed by atoms with Crippen LogP contribution in [0.15, 0.2) is 54.6 Å². The maximum Gasteiger partial charge on any atom is 0.491 e. The van der Waals surface area contributed by atoms with Crippen LogP contribution in [0.1, 0.15) is 16.9 Å². The number of amides is 1. The lowest BCUT2D eigenvalue weighted by molar-refractivity contribution is -0.190. The van der Waals surface area contributed by atoms with Crippen LogP contribution >= 0.6 is 0 Å². The van der Waals surface area contributed by atoms with Gasteiger partial charge < -0.3 is 14.4 Å². The first-order chi connectivity index (χ1) is 17.9. The number of piperidine rings is 1. The van der Waals surface area contributed by atoms with Crippen molar-refractivity contribution in [3.63, 3.8) is 0 Å². The number of carbonyl (C=O) groups is 2. The van der Waals surface area contributed by atoms with Gasteiger partial charge in [-0.15, -0.1) is 0 Å². The molecule has 4 aromatic rings. The molecular weight excluding hydrogens is 515 g/mol. The van der Waals surface area contributed by atoms with Crippen molar-refractivity contribution in [3.05, 3.63) is 60.3 Å². The van der Waals surface area contributed by atoms with Crippen molar-refractivity contribution < 1.29 is 41.0 Å². The quantitative estimate of drug-likeness (QED) is 0.283. The summed E-state index contributed by atoms with van der Waals surface area (Å²) in [5, 5.41) is 5.06. The molecule has 0 aliphatic carbocycles. The summed E-state index contributed by atoms with van der Waals surface area (Å²) in [6.45, 7) is -0.921. The van der Waals surface area contributed by atoms with Crippen LogP contribution in [0.4, 0.5) is 22.0 Å². The highest BCUT2D eigenvalue weighted by Gasteiger charge is 2.48. The Kier molecular flexibility index (Phi) is 6.16. The van der Waals surface area contributed by atoms with Gasteiger partial charge in [0.25, 0.3) is 17.7 Å². The number of alkyl halides is 5. The van der Waals surface area contributed by atoms with E-state index in [1.165, 1.54) is 16.8 Å². The first kappa shape index (κ1) is 25.4. The number of carbonyl (C=O) groups excluding carboxylic acids is 2. The molecule has 0 spiro atoms. The minimum absolute atomic E-state index is 0.0655. The summed E-state index contributed by atoms with van der Waals surface area (Å²) in [5.41, 5.74) is 0.944. The number of esters is 1. The van der Waals surface area contributed by atoms with Gasteiger partial charge >= 0.3 is 12.1 Å². The second-order valence-corrected chi connectivity index (χ2v) is 8.73. The molecule has 2 aromatic carbocycles. The largest absolute Gasteiger partial charge is 0.491 e. The molecule has 198 valence electrons. The molecule has 0 saturated carbocycles. The molecule has 2 aromatic heterocycles. The van der Waals surface area contributed by atoms with Gasteiger partial charge in [0, 0.05) is 30.8 Å². The Labute approximate surface area is 211 Å². The lowest BCUT2D eigenvalue weighted by atomic mass is 10.0. The number of ether oxygens (including phenoxy) is 2. The fourth-order valence-electron chi connectivity index (χ4n) is 4.23. The van der Waals surface area contributed by atoms with Crippen molar-refractivity contribution in [1.82, 2.24) is 19.7 Å². The summed E-state index contributed by atoms with van der Waals surface area (Å²) < 4.78 is 79.8. The first-order valence-corrected chi connectivity index (χ1v) is 11.4. The number of likely N-dealkylation sites (tertiary alicyclic amines) is 1. The highest BCUT2D eigenvalue weighted by atomic mass is 19.4. The Morgan fingerprint density at radius 1 is 1.08 bits per heavy atom. The molecule has 0 unspecified atom stereocenters. The van der Waals surface area contributed by atoms with Gasteiger partial charge in [0.1, 0.15) is 0 Å². The third-order valence-electron chi connectivity index (χ3n) is 6.16. The van der Waals surface area contributed by atoms with Gasteiger partial charge in [-0.05, 0) is 18.2 Å². The van der Waals surface area contributed by atoms with Crippen LogP contribution < -0.4 is 9.47 Å². The molecule has 0 bridgehead atoms. The Hall–Kier alpha value is -4.29. The highest BCUT2D eigenvalue weighted by molar-refractivity contribution is 6.04. The number of rotatable bonds is 4. The predicted molar refractivity (Wildman–Crippen MR) is 124 cm³/mol. The third-order valence-corrected chi connectivity index (χ3v) is 6.16. The number of aryl methyl sites for hydroxylation is 1. The monoisotopic (exact) mass is 534 g/mol. The van der Waals surface area contributed by atoms with Crippen molar-refractivity contribution in [1.29, 1.82) is 0 Å². The molecule has 0 radical (unpaired) electrons. The fraction of sp³-hybridized carbons (Fsp3) is 0.280. The van der Waals surface area contributed by atoms with Gasteiger partial charge in [0.05, 0.1) is 17.6 Å². The average Bonchev–Trinajstić information content (AvgIpc) is 3.21. The van der Waals surface area contributed by atoms with E-state index in [0.29, 0.717) is 16.3 Å². The highest BCUT2D eigenvalue weighted by Crippen LogP contribution is 2.37. The molecule has 1 fully saturated rings. The van der Waals surface area contributed by atoms with E-state index in [-0.39, 0.29) is 17.8 Å². The zero-order valence-corrected chi connectivity index (χ0v) is 19.7. The minimum atomic E-state index is -5.34. The van der Waals surface area contributed by atoms with E-state index < -0.39 is 54.7 Å². The normalized spacial score (nSPS) is 17.5. The van der Waals surface area contributed by atoms with Crippen molar-refractivity contribution in [2.45, 2.75) is 24.6 Å². The average molecular weight is 534 g/mol. The molecule has 1 amide bonds. The molecule has 0 N–H and O–H groups in total. The van der Waals surface area contributed by atoms with Crippen LogP contribution in [0.5, 0.6) is 11.6 Å². The topological polar surface area (TPSA) is 86.6 Å². The van der Waals surface area contributed by atoms with Gasteiger partial charge in [0.2, 0.25) is 0 Å². The van der Waals surface area contributed by atoms with E-state index in [2.05, 4.69) is 14.8 Å². The van der Waals surface area contributed by atoms with Crippen LogP contribution in [0.3, 0.4) is 0 Å². The molecule has 1 aliphatic heterocycles. The molecule has 8 nitrogen and oxygen atoms in total. The summed E-state index contributed by atoms with van der Waals surface area (Å²) in [4.78, 5) is 29.9. The third kappa shape index (κ3) is 4.71. The molecular formula is C25H19F5N4O4. The SMILES string of the molecule is Cn1nc(C(=O)N2CCC(F)(F)[C@@H](Oc3nc4ccccc4cc3OC(=O)C(F)(F)F)C2)c2ccccc21.